The number of amides is 1. The van der Waals surface area contributed by atoms with Crippen LogP contribution < -0.4 is 5.32 Å². The number of aryl methyl sites for hydroxylation is 1. The van der Waals surface area contributed by atoms with Crippen molar-refractivity contribution in [2.24, 2.45) is 0 Å². The molecule has 0 unspecified atom stereocenters. The molecule has 8 nitrogen and oxygen atoms in total. The first kappa shape index (κ1) is 22.8. The largest absolute Gasteiger partial charge is 0.453 e. The second-order valence-electron chi connectivity index (χ2n) is 7.02. The predicted octanol–water partition coefficient (Wildman–Crippen LogP) is 2.92. The molecule has 0 spiro atoms. The number of esters is 1. The molecule has 150 valence electrons. The number of rotatable bonds is 8. The summed E-state index contributed by atoms with van der Waals surface area (Å²) < 4.78 is 10.00. The number of hydrogen-bond acceptors (Lipinski definition) is 5. The van der Waals surface area contributed by atoms with Crippen molar-refractivity contribution in [1.29, 1.82) is 0 Å². The number of nitrogens with zero attached hydrogens (tertiary/aromatic N) is 2. The van der Waals surface area contributed by atoms with Crippen molar-refractivity contribution in [2.75, 3.05) is 6.61 Å². The van der Waals surface area contributed by atoms with Gasteiger partial charge in [-0.1, -0.05) is 36.9 Å². The lowest BCUT2D eigenvalue weighted by Gasteiger charge is -2.24. The first-order chi connectivity index (χ1) is 13.1. The summed E-state index contributed by atoms with van der Waals surface area (Å²) in [6.45, 7) is 10.2. The minimum Gasteiger partial charge on any atom is -0.453 e. The maximum Gasteiger partial charge on any atom is 0.441 e. The van der Waals surface area contributed by atoms with Crippen molar-refractivity contribution in [1.82, 2.24) is 5.32 Å². The van der Waals surface area contributed by atoms with E-state index in [4.69, 9.17) is 15.0 Å². The number of carbonyl (C=O) groups excluding carboxylic acids is 3. The third-order valence-corrected chi connectivity index (χ3v) is 3.53. The van der Waals surface area contributed by atoms with E-state index in [-0.39, 0.29) is 13.0 Å². The van der Waals surface area contributed by atoms with Crippen LogP contribution in [-0.4, -0.2) is 40.6 Å². The van der Waals surface area contributed by atoms with Gasteiger partial charge in [0.2, 0.25) is 0 Å². The zero-order valence-electron chi connectivity index (χ0n) is 16.5. The van der Waals surface area contributed by atoms with Crippen LogP contribution in [0.4, 0.5) is 4.79 Å². The zero-order valence-corrected chi connectivity index (χ0v) is 16.5. The van der Waals surface area contributed by atoms with Crippen LogP contribution in [0.2, 0.25) is 0 Å². The number of ketones is 1. The maximum atomic E-state index is 12.5. The van der Waals surface area contributed by atoms with E-state index in [1.807, 2.05) is 19.1 Å². The quantitative estimate of drug-likeness (QED) is 0.184. The maximum absolute atomic E-state index is 12.5. The highest BCUT2D eigenvalue weighted by molar-refractivity contribution is 6.62. The Morgan fingerprint density at radius 1 is 1.29 bits per heavy atom. The average molecular weight is 387 g/mol. The first-order valence-corrected chi connectivity index (χ1v) is 8.67. The molecule has 0 heterocycles. The Kier molecular flexibility index (Phi) is 8.29. The second-order valence-corrected chi connectivity index (χ2v) is 7.02. The zero-order chi connectivity index (χ0) is 21.3. The smallest absolute Gasteiger partial charge is 0.441 e. The van der Waals surface area contributed by atoms with Gasteiger partial charge in [-0.3, -0.25) is 4.79 Å². The molecule has 1 aromatic rings. The van der Waals surface area contributed by atoms with Crippen molar-refractivity contribution in [3.05, 3.63) is 53.6 Å². The lowest BCUT2D eigenvalue weighted by atomic mass is 9.96. The van der Waals surface area contributed by atoms with Gasteiger partial charge in [-0.15, -0.1) is 0 Å². The van der Waals surface area contributed by atoms with E-state index < -0.39 is 35.2 Å². The molecule has 8 heteroatoms. The summed E-state index contributed by atoms with van der Waals surface area (Å²) in [5.74, 6) is -1.87. The highest BCUT2D eigenvalue weighted by Gasteiger charge is 2.34. The molecular weight excluding hydrogens is 362 g/mol. The van der Waals surface area contributed by atoms with Gasteiger partial charge in [0.25, 0.3) is 5.78 Å². The van der Waals surface area contributed by atoms with Crippen molar-refractivity contribution >= 4 is 23.6 Å². The van der Waals surface area contributed by atoms with E-state index in [0.717, 1.165) is 5.56 Å². The fourth-order valence-corrected chi connectivity index (χ4v) is 2.36. The van der Waals surface area contributed by atoms with Gasteiger partial charge in [0.05, 0.1) is 6.04 Å². The van der Waals surface area contributed by atoms with Crippen LogP contribution >= 0.6 is 0 Å². The third-order valence-electron chi connectivity index (χ3n) is 3.53. The Balaban J connectivity index is 3.08. The van der Waals surface area contributed by atoms with Crippen LogP contribution in [0.3, 0.4) is 0 Å². The normalized spacial score (nSPS) is 11.6. The molecule has 1 aromatic carbocycles. The van der Waals surface area contributed by atoms with Gasteiger partial charge in [-0.25, -0.2) is 9.59 Å². The van der Waals surface area contributed by atoms with Gasteiger partial charge >= 0.3 is 17.8 Å². The van der Waals surface area contributed by atoms with Gasteiger partial charge in [-0.2, -0.15) is 4.79 Å². The van der Waals surface area contributed by atoms with E-state index in [2.05, 4.69) is 16.7 Å². The number of alkyl carbamates (subject to hydrolysis) is 1. The van der Waals surface area contributed by atoms with Gasteiger partial charge < -0.3 is 20.3 Å². The first-order valence-electron chi connectivity index (χ1n) is 8.67. The van der Waals surface area contributed by atoms with Crippen LogP contribution in [0, 0.1) is 6.92 Å². The molecule has 0 saturated heterocycles. The Bertz CT molecular complexity index is 804. The van der Waals surface area contributed by atoms with Crippen molar-refractivity contribution in [2.45, 2.75) is 45.8 Å². The Labute approximate surface area is 164 Å². The van der Waals surface area contributed by atoms with E-state index >= 15 is 0 Å². The predicted molar refractivity (Wildman–Crippen MR) is 103 cm³/mol. The number of ether oxygens (including phenoxy) is 2. The Morgan fingerprint density at radius 3 is 2.46 bits per heavy atom. The van der Waals surface area contributed by atoms with Gasteiger partial charge in [0.1, 0.15) is 12.2 Å². The van der Waals surface area contributed by atoms with Crippen LogP contribution in [-0.2, 0) is 19.1 Å². The number of hydrogen-bond donors (Lipinski definition) is 1. The number of nitrogens with one attached hydrogen (secondary N) is 1. The van der Waals surface area contributed by atoms with E-state index in [0.29, 0.717) is 5.56 Å². The molecular formula is C20H25N3O5. The summed E-state index contributed by atoms with van der Waals surface area (Å²) in [4.78, 5) is 39.4. The molecule has 0 aliphatic carbocycles. The van der Waals surface area contributed by atoms with E-state index in [1.54, 1.807) is 32.9 Å². The number of carbonyl (C=O) groups is 3. The molecule has 0 aliphatic rings. The summed E-state index contributed by atoms with van der Waals surface area (Å²) in [6.07, 6.45) is 0.273. The van der Waals surface area contributed by atoms with Crippen molar-refractivity contribution in [3.8, 4) is 0 Å². The number of benzene rings is 1. The molecule has 28 heavy (non-hydrogen) atoms. The topological polar surface area (TPSA) is 118 Å². The molecule has 1 N–H and O–H groups in total. The summed E-state index contributed by atoms with van der Waals surface area (Å²) >= 11 is 0. The summed E-state index contributed by atoms with van der Waals surface area (Å²) in [7, 11) is 0. The standard InChI is InChI=1S/C20H25N3O5/c1-6-11-27-18(25)17(23-21)16(24)12-15(14-10-8-7-9-13(14)2)22-19(26)28-20(3,4)5/h6-10,15H,1,11-12H2,2-5H3,(H,22,26)/t15-/m1/s1. The number of Topliss-reactive ketones (excluding diaryl/α,β-unsaturated/α-hetero) is 1. The van der Waals surface area contributed by atoms with Crippen molar-refractivity contribution in [3.63, 3.8) is 0 Å². The van der Waals surface area contributed by atoms with Gasteiger partial charge in [-0.05, 0) is 38.8 Å². The molecule has 0 radical (unpaired) electrons. The van der Waals surface area contributed by atoms with E-state index in [9.17, 15) is 14.4 Å². The molecule has 0 bridgehead atoms. The van der Waals surface area contributed by atoms with Crippen LogP contribution in [0.1, 0.15) is 44.4 Å². The minimum absolute atomic E-state index is 0.136. The summed E-state index contributed by atoms with van der Waals surface area (Å²) in [5, 5.41) is 2.64. The van der Waals surface area contributed by atoms with Crippen LogP contribution in [0.15, 0.2) is 36.9 Å². The molecule has 1 atom stereocenters. The monoisotopic (exact) mass is 387 g/mol. The molecule has 0 fully saturated rings. The lowest BCUT2D eigenvalue weighted by Crippen LogP contribution is -2.38. The van der Waals surface area contributed by atoms with E-state index in [1.165, 1.54) is 6.08 Å². The third kappa shape index (κ3) is 7.17. The molecule has 1 rings (SSSR count). The fraction of sp³-hybridized carbons (Fsp3) is 0.400. The van der Waals surface area contributed by atoms with Gasteiger partial charge in [0, 0.05) is 6.42 Å². The van der Waals surface area contributed by atoms with Crippen LogP contribution in [0.25, 0.3) is 5.53 Å². The Morgan fingerprint density at radius 2 is 1.93 bits per heavy atom. The minimum atomic E-state index is -1.08. The molecule has 0 aromatic heterocycles. The summed E-state index contributed by atoms with van der Waals surface area (Å²) in [5.41, 5.74) is 9.08. The highest BCUT2D eigenvalue weighted by atomic mass is 16.6. The molecule has 1 amide bonds. The Hall–Kier alpha value is -3.25. The second kappa shape index (κ2) is 10.2. The SMILES string of the molecule is C=CCOC(=O)C(=[N+]=[N-])C(=O)C[C@@H](NC(=O)OC(C)(C)C)c1ccccc1C. The van der Waals surface area contributed by atoms with Crippen molar-refractivity contribution < 1.29 is 28.6 Å². The average Bonchev–Trinajstić information content (AvgIpc) is 2.58. The van der Waals surface area contributed by atoms with Gasteiger partial charge in [0.15, 0.2) is 0 Å². The lowest BCUT2D eigenvalue weighted by molar-refractivity contribution is -0.141. The molecule has 0 saturated carbocycles. The molecule has 0 aliphatic heterocycles. The van der Waals surface area contributed by atoms with Crippen LogP contribution in [0.5, 0.6) is 0 Å². The highest BCUT2D eigenvalue weighted by Crippen LogP contribution is 2.22. The fourth-order valence-electron chi connectivity index (χ4n) is 2.36. The summed E-state index contributed by atoms with van der Waals surface area (Å²) in [6, 6.07) is 6.35.